The molecule has 0 bridgehead atoms. The predicted octanol–water partition coefficient (Wildman–Crippen LogP) is 6.72. The highest BCUT2D eigenvalue weighted by Gasteiger charge is 2.06. The molecule has 0 aliphatic heterocycles. The predicted molar refractivity (Wildman–Crippen MR) is 158 cm³/mol. The van der Waals surface area contributed by atoms with Crippen LogP contribution >= 0.6 is 0 Å². The maximum atomic E-state index is 12.3. The normalized spacial score (nSPS) is 10.7. The number of carbonyl (C=O) groups excluding carboxylic acids is 3. The molecule has 0 saturated carbocycles. The molecule has 4 aromatic rings. The Labute approximate surface area is 237 Å². The summed E-state index contributed by atoms with van der Waals surface area (Å²) in [5, 5.41) is 2.08. The van der Waals surface area contributed by atoms with Crippen LogP contribution in [0.1, 0.15) is 12.5 Å². The zero-order chi connectivity index (χ0) is 29.2. The summed E-state index contributed by atoms with van der Waals surface area (Å²) in [5.41, 5.74) is 3.39. The van der Waals surface area contributed by atoms with Crippen LogP contribution in [0.2, 0.25) is 0 Å². The van der Waals surface area contributed by atoms with Gasteiger partial charge in [-0.05, 0) is 94.6 Å². The fourth-order valence-electron chi connectivity index (χ4n) is 3.70. The lowest BCUT2D eigenvalue weighted by Gasteiger charge is -2.08. The number of ether oxygens (including phenoxy) is 4. The first-order valence-corrected chi connectivity index (χ1v) is 12.7. The first-order valence-electron chi connectivity index (χ1n) is 12.7. The van der Waals surface area contributed by atoms with Crippen LogP contribution in [0.5, 0.6) is 17.2 Å². The third kappa shape index (κ3) is 8.28. The average Bonchev–Trinajstić information content (AvgIpc) is 2.99. The van der Waals surface area contributed by atoms with Gasteiger partial charge in [0.2, 0.25) is 6.79 Å². The molecule has 0 fully saturated rings. The first kappa shape index (κ1) is 28.6. The van der Waals surface area contributed by atoms with E-state index in [1.165, 1.54) is 6.08 Å². The first-order chi connectivity index (χ1) is 19.8. The standard InChI is InChI=1S/C34H28O7/c1-4-33(36)40-22-39-30-14-16-31(17-15-30)41-34(37)18-6-24-5-7-28-20-27(9-8-26(28)19-24)25-10-12-29(13-11-25)38-21-32(35)23(2)3/h4-20H,1-2,21-22H2,3H3/b18-6+. The molecular weight excluding hydrogens is 520 g/mol. The van der Waals surface area contributed by atoms with Gasteiger partial charge < -0.3 is 18.9 Å². The summed E-state index contributed by atoms with van der Waals surface area (Å²) >= 11 is 0. The second kappa shape index (κ2) is 13.6. The molecule has 41 heavy (non-hydrogen) atoms. The molecular formula is C34H28O7. The number of carbonyl (C=O) groups is 3. The number of hydrogen-bond donors (Lipinski definition) is 0. The van der Waals surface area contributed by atoms with Gasteiger partial charge in [0.1, 0.15) is 17.2 Å². The van der Waals surface area contributed by atoms with E-state index in [2.05, 4.69) is 19.2 Å². The fourth-order valence-corrected chi connectivity index (χ4v) is 3.70. The lowest BCUT2D eigenvalue weighted by Crippen LogP contribution is -2.11. The number of hydrogen-bond acceptors (Lipinski definition) is 7. The SMILES string of the molecule is C=CC(=O)OCOc1ccc(OC(=O)/C=C/c2ccc3cc(-c4ccc(OCC(=O)C(=C)C)cc4)ccc3c2)cc1. The van der Waals surface area contributed by atoms with Crippen LogP contribution in [0.4, 0.5) is 0 Å². The molecule has 0 N–H and O–H groups in total. The molecule has 7 nitrogen and oxygen atoms in total. The van der Waals surface area contributed by atoms with Gasteiger partial charge in [0.15, 0.2) is 12.4 Å². The van der Waals surface area contributed by atoms with Gasteiger partial charge >= 0.3 is 11.9 Å². The summed E-state index contributed by atoms with van der Waals surface area (Å²) in [6.45, 7) is 8.32. The highest BCUT2D eigenvalue weighted by atomic mass is 16.7. The molecule has 0 unspecified atom stereocenters. The number of fused-ring (bicyclic) bond motifs is 1. The molecule has 4 aromatic carbocycles. The number of ketones is 1. The van der Waals surface area contributed by atoms with E-state index in [9.17, 15) is 14.4 Å². The van der Waals surface area contributed by atoms with Crippen molar-refractivity contribution in [1.82, 2.24) is 0 Å². The van der Waals surface area contributed by atoms with Crippen molar-refractivity contribution in [1.29, 1.82) is 0 Å². The Balaban J connectivity index is 1.33. The van der Waals surface area contributed by atoms with E-state index in [0.717, 1.165) is 33.5 Å². The lowest BCUT2D eigenvalue weighted by molar-refractivity contribution is -0.144. The number of rotatable bonds is 12. The Morgan fingerprint density at radius 1 is 0.732 bits per heavy atom. The molecule has 4 rings (SSSR count). The Bertz CT molecular complexity index is 1610. The van der Waals surface area contributed by atoms with Gasteiger partial charge in [0, 0.05) is 12.2 Å². The van der Waals surface area contributed by atoms with Gasteiger partial charge in [-0.15, -0.1) is 0 Å². The van der Waals surface area contributed by atoms with E-state index in [1.54, 1.807) is 37.3 Å². The van der Waals surface area contributed by atoms with Crippen LogP contribution in [0.15, 0.2) is 116 Å². The van der Waals surface area contributed by atoms with E-state index in [0.29, 0.717) is 22.8 Å². The maximum absolute atomic E-state index is 12.3. The van der Waals surface area contributed by atoms with Crippen molar-refractivity contribution in [2.45, 2.75) is 6.92 Å². The number of Topliss-reactive ketones (excluding diaryl/α,β-unsaturated/α-hetero) is 1. The Morgan fingerprint density at radius 3 is 2.05 bits per heavy atom. The smallest absolute Gasteiger partial charge is 0.336 e. The largest absolute Gasteiger partial charge is 0.485 e. The maximum Gasteiger partial charge on any atom is 0.336 e. The van der Waals surface area contributed by atoms with Crippen LogP contribution in [-0.2, 0) is 19.1 Å². The van der Waals surface area contributed by atoms with Gasteiger partial charge in [0.05, 0.1) is 0 Å². The second-order valence-corrected chi connectivity index (χ2v) is 8.99. The molecule has 0 amide bonds. The van der Waals surface area contributed by atoms with Crippen molar-refractivity contribution < 1.29 is 33.3 Å². The summed E-state index contributed by atoms with van der Waals surface area (Å²) in [6, 6.07) is 26.0. The molecule has 7 heteroatoms. The highest BCUT2D eigenvalue weighted by molar-refractivity contribution is 5.95. The molecule has 0 aliphatic carbocycles. The van der Waals surface area contributed by atoms with Crippen LogP contribution in [0, 0.1) is 0 Å². The number of benzene rings is 4. The van der Waals surface area contributed by atoms with Gasteiger partial charge in [-0.3, -0.25) is 4.79 Å². The van der Waals surface area contributed by atoms with Crippen molar-refractivity contribution in [3.63, 3.8) is 0 Å². The third-order valence-electron chi connectivity index (χ3n) is 5.95. The van der Waals surface area contributed by atoms with E-state index < -0.39 is 11.9 Å². The quantitative estimate of drug-likeness (QED) is 0.0841. The topological polar surface area (TPSA) is 88.1 Å². The number of esters is 2. The zero-order valence-electron chi connectivity index (χ0n) is 22.5. The summed E-state index contributed by atoms with van der Waals surface area (Å²) in [4.78, 5) is 35.0. The third-order valence-corrected chi connectivity index (χ3v) is 5.95. The van der Waals surface area contributed by atoms with E-state index >= 15 is 0 Å². The molecule has 0 saturated heterocycles. The van der Waals surface area contributed by atoms with Crippen LogP contribution in [0.3, 0.4) is 0 Å². The summed E-state index contributed by atoms with van der Waals surface area (Å²) in [6.07, 6.45) is 4.10. The van der Waals surface area contributed by atoms with Crippen LogP contribution in [-0.4, -0.2) is 31.1 Å². The summed E-state index contributed by atoms with van der Waals surface area (Å²) in [7, 11) is 0. The summed E-state index contributed by atoms with van der Waals surface area (Å²) < 4.78 is 20.9. The monoisotopic (exact) mass is 548 g/mol. The minimum absolute atomic E-state index is 0.0281. The Hall–Kier alpha value is -5.43. The second-order valence-electron chi connectivity index (χ2n) is 8.99. The van der Waals surface area contributed by atoms with Crippen molar-refractivity contribution >= 4 is 34.6 Å². The molecule has 0 aromatic heterocycles. The average molecular weight is 549 g/mol. The molecule has 0 radical (unpaired) electrons. The Kier molecular flexibility index (Phi) is 9.46. The van der Waals surface area contributed by atoms with Gasteiger partial charge in [-0.1, -0.05) is 49.6 Å². The van der Waals surface area contributed by atoms with Gasteiger partial charge in [0.25, 0.3) is 0 Å². The molecule has 0 atom stereocenters. The van der Waals surface area contributed by atoms with Crippen molar-refractivity contribution in [2.75, 3.05) is 13.4 Å². The van der Waals surface area contributed by atoms with Crippen molar-refractivity contribution in [3.05, 3.63) is 121 Å². The minimum Gasteiger partial charge on any atom is -0.485 e. The van der Waals surface area contributed by atoms with E-state index in [-0.39, 0.29) is 19.2 Å². The van der Waals surface area contributed by atoms with Crippen molar-refractivity contribution in [3.8, 4) is 28.4 Å². The minimum atomic E-state index is -0.581. The highest BCUT2D eigenvalue weighted by Crippen LogP contribution is 2.27. The van der Waals surface area contributed by atoms with E-state index in [4.69, 9.17) is 18.9 Å². The van der Waals surface area contributed by atoms with Crippen LogP contribution < -0.4 is 14.2 Å². The molecule has 0 heterocycles. The van der Waals surface area contributed by atoms with Gasteiger partial charge in [-0.2, -0.15) is 0 Å². The fraction of sp³-hybridized carbons (Fsp3) is 0.0882. The molecule has 0 spiro atoms. The summed E-state index contributed by atoms with van der Waals surface area (Å²) in [5.74, 6) is 0.190. The van der Waals surface area contributed by atoms with Gasteiger partial charge in [-0.25, -0.2) is 9.59 Å². The Morgan fingerprint density at radius 2 is 1.34 bits per heavy atom. The zero-order valence-corrected chi connectivity index (χ0v) is 22.5. The van der Waals surface area contributed by atoms with Crippen LogP contribution in [0.25, 0.3) is 28.0 Å². The van der Waals surface area contributed by atoms with Crippen molar-refractivity contribution in [2.24, 2.45) is 0 Å². The molecule has 0 aliphatic rings. The lowest BCUT2D eigenvalue weighted by atomic mass is 10.00. The molecule has 206 valence electrons. The van der Waals surface area contributed by atoms with E-state index in [1.807, 2.05) is 54.6 Å².